The van der Waals surface area contributed by atoms with E-state index >= 15 is 0 Å². The van der Waals surface area contributed by atoms with E-state index in [1.54, 1.807) is 49.1 Å². The molecule has 0 bridgehead atoms. The monoisotopic (exact) mass is 657 g/mol. The van der Waals surface area contributed by atoms with E-state index in [4.69, 9.17) is 4.74 Å². The maximum atomic E-state index is 14.1. The van der Waals surface area contributed by atoms with Crippen LogP contribution in [-0.2, 0) is 29.1 Å². The normalized spacial score (nSPS) is 25.5. The Balaban J connectivity index is 1.35. The molecule has 0 aromatic heterocycles. The molecule has 1 saturated heterocycles. The molecule has 46 heavy (non-hydrogen) atoms. The van der Waals surface area contributed by atoms with Crippen LogP contribution in [0, 0.1) is 11.8 Å². The van der Waals surface area contributed by atoms with Gasteiger partial charge in [0.2, 0.25) is 21.8 Å². The lowest BCUT2D eigenvalue weighted by atomic mass is 10.0. The van der Waals surface area contributed by atoms with E-state index < -0.39 is 62.6 Å². The van der Waals surface area contributed by atoms with Gasteiger partial charge < -0.3 is 20.3 Å². The Labute approximate surface area is 269 Å². The number of carbonyl (C=O) groups excluding carboxylic acids is 5. The molecule has 1 aromatic rings. The standard InChI is InChI=1S/C32H43N5O8S/c1-4-22-16-32(22,30(41)35-46(43,44)24-14-15-24)34-28(39)25-17-36(18-26(38)21-10-6-5-7-11-21)19-37(25)29(40)27(20(2)3)33-31(42)45-23-12-8-9-13-23/h4-7,10-11,20,22-25,27H,1,8-9,12-19H2,2-3H3,(H,33,42)(H,34,39)(H,35,41)/t22-,25+,27+,32-/m1/s1. The Kier molecular flexibility index (Phi) is 9.87. The van der Waals surface area contributed by atoms with E-state index in [9.17, 15) is 32.4 Å². The topological polar surface area (TPSA) is 171 Å². The number of nitrogens with zero attached hydrogens (tertiary/aromatic N) is 2. The third-order valence-corrected chi connectivity index (χ3v) is 11.1. The van der Waals surface area contributed by atoms with E-state index in [1.807, 2.05) is 0 Å². The Morgan fingerprint density at radius 3 is 2.33 bits per heavy atom. The molecule has 13 nitrogen and oxygen atoms in total. The molecule has 14 heteroatoms. The lowest BCUT2D eigenvalue weighted by Gasteiger charge is -2.31. The highest BCUT2D eigenvalue weighted by Crippen LogP contribution is 2.45. The first-order valence-electron chi connectivity index (χ1n) is 15.9. The van der Waals surface area contributed by atoms with Crippen LogP contribution in [0.3, 0.4) is 0 Å². The second-order valence-electron chi connectivity index (χ2n) is 13.1. The number of amides is 4. The number of sulfonamides is 1. The van der Waals surface area contributed by atoms with Gasteiger partial charge in [0.05, 0.1) is 18.5 Å². The number of Topliss-reactive ketones (excluding diaryl/α,β-unsaturated/α-hetero) is 1. The second kappa shape index (κ2) is 13.5. The van der Waals surface area contributed by atoms with Crippen molar-refractivity contribution < 1.29 is 37.1 Å². The zero-order valence-electron chi connectivity index (χ0n) is 26.3. The lowest BCUT2D eigenvalue weighted by Crippen LogP contribution is -2.59. The van der Waals surface area contributed by atoms with Crippen molar-refractivity contribution >= 4 is 39.6 Å². The van der Waals surface area contributed by atoms with Crippen LogP contribution in [-0.4, -0.2) is 96.6 Å². The summed E-state index contributed by atoms with van der Waals surface area (Å²) in [6, 6.07) is 6.47. The molecule has 4 atom stereocenters. The van der Waals surface area contributed by atoms with Gasteiger partial charge in [-0.3, -0.25) is 28.8 Å². The molecular formula is C32H43N5O8S. The van der Waals surface area contributed by atoms with Crippen LogP contribution in [0.4, 0.5) is 4.79 Å². The van der Waals surface area contributed by atoms with E-state index in [-0.39, 0.29) is 44.0 Å². The predicted molar refractivity (Wildman–Crippen MR) is 168 cm³/mol. The molecule has 1 heterocycles. The molecular weight excluding hydrogens is 614 g/mol. The van der Waals surface area contributed by atoms with E-state index in [2.05, 4.69) is 21.9 Å². The summed E-state index contributed by atoms with van der Waals surface area (Å²) in [4.78, 5) is 70.1. The minimum absolute atomic E-state index is 0.0235. The summed E-state index contributed by atoms with van der Waals surface area (Å²) < 4.78 is 32.8. The molecule has 1 aliphatic heterocycles. The van der Waals surface area contributed by atoms with Gasteiger partial charge in [-0.15, -0.1) is 6.58 Å². The molecule has 1 aromatic carbocycles. The fourth-order valence-corrected chi connectivity index (χ4v) is 7.59. The Morgan fingerprint density at radius 1 is 1.07 bits per heavy atom. The van der Waals surface area contributed by atoms with E-state index in [1.165, 1.54) is 11.0 Å². The van der Waals surface area contributed by atoms with E-state index in [0.717, 1.165) is 25.7 Å². The maximum absolute atomic E-state index is 14.1. The van der Waals surface area contributed by atoms with Gasteiger partial charge in [-0.2, -0.15) is 0 Å². The van der Waals surface area contributed by atoms with Gasteiger partial charge in [-0.05, 0) is 50.9 Å². The molecule has 250 valence electrons. The minimum atomic E-state index is -3.88. The van der Waals surface area contributed by atoms with Crippen LogP contribution < -0.4 is 15.4 Å². The van der Waals surface area contributed by atoms with E-state index in [0.29, 0.717) is 18.4 Å². The van der Waals surface area contributed by atoms with Crippen LogP contribution in [0.2, 0.25) is 0 Å². The molecule has 5 rings (SSSR count). The molecule has 0 unspecified atom stereocenters. The first-order chi connectivity index (χ1) is 21.8. The van der Waals surface area contributed by atoms with Crippen molar-refractivity contribution in [3.05, 3.63) is 48.6 Å². The number of rotatable bonds is 13. The smallest absolute Gasteiger partial charge is 0.408 e. The average Bonchev–Trinajstić information content (AvgIpc) is 3.90. The number of benzene rings is 1. The number of hydrogen-bond donors (Lipinski definition) is 3. The quantitative estimate of drug-likeness (QED) is 0.211. The highest BCUT2D eigenvalue weighted by molar-refractivity contribution is 7.91. The highest BCUT2D eigenvalue weighted by atomic mass is 32.2. The van der Waals surface area contributed by atoms with Gasteiger partial charge in [-0.1, -0.05) is 50.3 Å². The second-order valence-corrected chi connectivity index (χ2v) is 15.1. The molecule has 4 fully saturated rings. The van der Waals surface area contributed by atoms with Gasteiger partial charge in [0.1, 0.15) is 23.7 Å². The Hall–Kier alpha value is -3.78. The highest BCUT2D eigenvalue weighted by Gasteiger charge is 2.62. The van der Waals surface area contributed by atoms with Crippen molar-refractivity contribution in [2.24, 2.45) is 11.8 Å². The van der Waals surface area contributed by atoms with Gasteiger partial charge in [0.15, 0.2) is 5.78 Å². The fourth-order valence-electron chi connectivity index (χ4n) is 6.23. The van der Waals surface area contributed by atoms with Crippen molar-refractivity contribution in [3.63, 3.8) is 0 Å². The summed E-state index contributed by atoms with van der Waals surface area (Å²) in [5.74, 6) is -3.15. The molecule has 3 saturated carbocycles. The van der Waals surface area contributed by atoms with Crippen molar-refractivity contribution in [1.82, 2.24) is 25.2 Å². The van der Waals surface area contributed by atoms with Crippen LogP contribution in [0.25, 0.3) is 0 Å². The number of nitrogens with one attached hydrogen (secondary N) is 3. The molecule has 4 amide bonds. The Bertz CT molecular complexity index is 1470. The summed E-state index contributed by atoms with van der Waals surface area (Å²) in [5.41, 5.74) is -1.06. The van der Waals surface area contributed by atoms with Crippen molar-refractivity contribution in [2.75, 3.05) is 19.8 Å². The van der Waals surface area contributed by atoms with Gasteiger partial charge >= 0.3 is 6.09 Å². The summed E-state index contributed by atoms with van der Waals surface area (Å²) in [6.07, 6.45) is 5.08. The third kappa shape index (κ3) is 7.43. The van der Waals surface area contributed by atoms with Gasteiger partial charge in [0, 0.05) is 18.0 Å². The van der Waals surface area contributed by atoms with Crippen molar-refractivity contribution in [3.8, 4) is 0 Å². The predicted octanol–water partition coefficient (Wildman–Crippen LogP) is 1.70. The zero-order chi connectivity index (χ0) is 33.2. The SMILES string of the molecule is C=C[C@@H]1C[C@]1(NC(=O)[C@@H]1CN(CC(=O)c2ccccc2)CN1C(=O)[C@@H](NC(=O)OC1CCCC1)C(C)C)C(=O)NS(=O)(=O)C1CC1. The fraction of sp³-hybridized carbons (Fsp3) is 0.594. The molecule has 3 N–H and O–H groups in total. The molecule has 0 spiro atoms. The number of ether oxygens (including phenoxy) is 1. The van der Waals surface area contributed by atoms with Gasteiger partial charge in [0.25, 0.3) is 5.91 Å². The lowest BCUT2D eigenvalue weighted by molar-refractivity contribution is -0.141. The zero-order valence-corrected chi connectivity index (χ0v) is 27.1. The van der Waals surface area contributed by atoms with Crippen LogP contribution in [0.1, 0.15) is 69.2 Å². The third-order valence-electron chi connectivity index (χ3n) is 9.24. The number of ketones is 1. The Morgan fingerprint density at radius 2 is 1.74 bits per heavy atom. The molecule has 4 aliphatic rings. The average molecular weight is 658 g/mol. The number of carbonyl (C=O) groups is 5. The summed E-state index contributed by atoms with van der Waals surface area (Å²) in [7, 11) is -3.88. The van der Waals surface area contributed by atoms with Crippen molar-refractivity contribution in [2.45, 2.75) is 87.8 Å². The van der Waals surface area contributed by atoms with Gasteiger partial charge in [-0.25, -0.2) is 13.2 Å². The van der Waals surface area contributed by atoms with Crippen LogP contribution in [0.5, 0.6) is 0 Å². The molecule has 0 radical (unpaired) electrons. The minimum Gasteiger partial charge on any atom is -0.446 e. The number of hydrogen-bond acceptors (Lipinski definition) is 9. The van der Waals surface area contributed by atoms with Crippen LogP contribution in [0.15, 0.2) is 43.0 Å². The summed E-state index contributed by atoms with van der Waals surface area (Å²) in [5, 5.41) is 4.79. The summed E-state index contributed by atoms with van der Waals surface area (Å²) >= 11 is 0. The molecule has 3 aliphatic carbocycles. The maximum Gasteiger partial charge on any atom is 0.408 e. The van der Waals surface area contributed by atoms with Crippen LogP contribution >= 0.6 is 0 Å². The number of alkyl carbamates (subject to hydrolysis) is 1. The summed E-state index contributed by atoms with van der Waals surface area (Å²) in [6.45, 7) is 7.06. The van der Waals surface area contributed by atoms with Crippen molar-refractivity contribution in [1.29, 1.82) is 0 Å². The first-order valence-corrected chi connectivity index (χ1v) is 17.5. The largest absolute Gasteiger partial charge is 0.446 e. The first kappa shape index (κ1) is 33.6.